The molecule has 0 aromatic heterocycles. The van der Waals surface area contributed by atoms with Gasteiger partial charge in [-0.1, -0.05) is 64.1 Å². The number of benzene rings is 4. The Morgan fingerprint density at radius 3 is 1.28 bits per heavy atom. The normalized spacial score (nSPS) is 10.7. The first-order valence-corrected chi connectivity index (χ1v) is 13.4. The number of hydrogen-bond donors (Lipinski definition) is 2. The van der Waals surface area contributed by atoms with E-state index < -0.39 is 11.9 Å². The van der Waals surface area contributed by atoms with Gasteiger partial charge in [-0.15, -0.1) is 0 Å². The first-order valence-electron chi connectivity index (χ1n) is 13.4. The number of aromatic hydroxyl groups is 2. The zero-order valence-electron chi connectivity index (χ0n) is 25.0. The van der Waals surface area contributed by atoms with Crippen molar-refractivity contribution in [2.24, 2.45) is 9.98 Å². The van der Waals surface area contributed by atoms with Crippen LogP contribution in [-0.4, -0.2) is 34.6 Å². The van der Waals surface area contributed by atoms with E-state index in [-0.39, 0.29) is 28.3 Å². The van der Waals surface area contributed by atoms with Crippen molar-refractivity contribution >= 4 is 46.5 Å². The number of carbonyl (C=O) groups is 2. The van der Waals surface area contributed by atoms with Crippen LogP contribution >= 0.6 is 0 Å². The Morgan fingerprint density at radius 1 is 0.651 bits per heavy atom. The molecule has 4 rings (SSSR count). The van der Waals surface area contributed by atoms with Gasteiger partial charge < -0.3 is 30.0 Å². The molecule has 227 valence electrons. The van der Waals surface area contributed by atoms with Crippen molar-refractivity contribution in [3.05, 3.63) is 95.1 Å². The van der Waals surface area contributed by atoms with Crippen LogP contribution in [0.3, 0.4) is 0 Å². The number of phenolic OH excluding ortho intramolecular Hbond substituents is 2. The quantitative estimate of drug-likeness (QED) is 0.270. The molecule has 43 heavy (non-hydrogen) atoms. The van der Waals surface area contributed by atoms with Crippen molar-refractivity contribution in [1.29, 1.82) is 0 Å². The molecule has 0 unspecified atom stereocenters. The second-order valence-electron chi connectivity index (χ2n) is 10.1. The zero-order valence-corrected chi connectivity index (χ0v) is 26.0. The molecule has 0 atom stereocenters. The molecule has 9 heteroatoms. The van der Waals surface area contributed by atoms with Crippen molar-refractivity contribution < 1.29 is 46.8 Å². The average molecular weight is 628 g/mol. The van der Waals surface area contributed by atoms with Crippen molar-refractivity contribution in [2.75, 3.05) is 0 Å². The first kappa shape index (κ1) is 36.6. The van der Waals surface area contributed by atoms with E-state index >= 15 is 0 Å². The molecule has 0 aliphatic rings. The topological polar surface area (TPSA) is 145 Å². The van der Waals surface area contributed by atoms with E-state index in [1.807, 2.05) is 60.7 Å². The van der Waals surface area contributed by atoms with E-state index in [1.54, 1.807) is 24.6 Å². The van der Waals surface area contributed by atoms with E-state index in [9.17, 15) is 10.2 Å². The van der Waals surface area contributed by atoms with Gasteiger partial charge in [-0.3, -0.25) is 9.98 Å². The predicted octanol–water partition coefficient (Wildman–Crippen LogP) is 5.51. The molecule has 0 fully saturated rings. The van der Waals surface area contributed by atoms with Crippen LogP contribution in [0, 0.1) is 0 Å². The van der Waals surface area contributed by atoms with Gasteiger partial charge in [0.05, 0.1) is 11.4 Å². The van der Waals surface area contributed by atoms with Crippen LogP contribution in [0.2, 0.25) is 0 Å². The minimum atomic E-state index is -1.08. The second-order valence-corrected chi connectivity index (χ2v) is 10.1. The third-order valence-corrected chi connectivity index (χ3v) is 5.96. The maximum absolute atomic E-state index is 10.3. The summed E-state index contributed by atoms with van der Waals surface area (Å²) in [7, 11) is 0. The van der Waals surface area contributed by atoms with Gasteiger partial charge in [0.1, 0.15) is 11.5 Å². The predicted molar refractivity (Wildman–Crippen MR) is 164 cm³/mol. The van der Waals surface area contributed by atoms with Gasteiger partial charge >= 0.3 is 16.8 Å². The standard InChI is InChI=1S/C30H30N2O2.2C2H4O2.Co/c1-19(2)21-9-11-29(33)25(13-21)17-31-27-15-23-7-5-6-8-24(23)16-28(27)32-18-26-14-22(20(3)4)10-12-30(26)34;2*1-2(3)4;/h5-20,33-34H,1-4H3;2*1H3,(H,3,4);/q;;;+2/p-2. The molecule has 0 aliphatic carbocycles. The van der Waals surface area contributed by atoms with Crippen LogP contribution in [0.4, 0.5) is 11.4 Å². The number of fused-ring (bicyclic) bond motifs is 1. The molecule has 0 aliphatic heterocycles. The monoisotopic (exact) mass is 627 g/mol. The van der Waals surface area contributed by atoms with E-state index in [4.69, 9.17) is 29.8 Å². The smallest absolute Gasteiger partial charge is 0.550 e. The average Bonchev–Trinajstić information content (AvgIpc) is 2.91. The number of hydrogen-bond acceptors (Lipinski definition) is 8. The minimum Gasteiger partial charge on any atom is -0.550 e. The maximum atomic E-state index is 10.3. The molecule has 0 bridgehead atoms. The van der Waals surface area contributed by atoms with Crippen LogP contribution in [0.5, 0.6) is 11.5 Å². The molecule has 8 nitrogen and oxygen atoms in total. The van der Waals surface area contributed by atoms with Gasteiger partial charge in [0.15, 0.2) is 0 Å². The summed E-state index contributed by atoms with van der Waals surface area (Å²) in [5.41, 5.74) is 4.97. The summed E-state index contributed by atoms with van der Waals surface area (Å²) in [5, 5.41) is 40.6. The Labute approximate surface area is 262 Å². The summed E-state index contributed by atoms with van der Waals surface area (Å²) in [6.07, 6.45) is 3.36. The van der Waals surface area contributed by atoms with Gasteiger partial charge in [-0.05, 0) is 84.0 Å². The van der Waals surface area contributed by atoms with Crippen molar-refractivity contribution in [3.8, 4) is 11.5 Å². The molecular weight excluding hydrogens is 591 g/mol. The first-order chi connectivity index (χ1) is 19.8. The van der Waals surface area contributed by atoms with Crippen LogP contribution in [-0.2, 0) is 26.4 Å². The fourth-order valence-corrected chi connectivity index (χ4v) is 3.77. The molecule has 0 amide bonds. The Morgan fingerprint density at radius 2 is 0.977 bits per heavy atom. The molecule has 0 spiro atoms. The SMILES string of the molecule is CC(=O)[O-].CC(=O)[O-].CC(C)c1ccc(O)c(C=Nc2cc3ccccc3cc2N=Cc2cc(C(C)C)ccc2O)c1.[Co+2]. The second kappa shape index (κ2) is 17.5. The van der Waals surface area contributed by atoms with Gasteiger partial charge in [-0.25, -0.2) is 0 Å². The van der Waals surface area contributed by atoms with E-state index in [0.717, 1.165) is 35.7 Å². The summed E-state index contributed by atoms with van der Waals surface area (Å²) in [5.74, 6) is -1.09. The van der Waals surface area contributed by atoms with E-state index in [1.165, 1.54) is 0 Å². The van der Waals surface area contributed by atoms with Crippen LogP contribution in [0.15, 0.2) is 82.8 Å². The summed E-state index contributed by atoms with van der Waals surface area (Å²) in [6.45, 7) is 10.4. The van der Waals surface area contributed by atoms with Crippen molar-refractivity contribution in [3.63, 3.8) is 0 Å². The molecule has 2 N–H and O–H groups in total. The minimum absolute atomic E-state index is 0. The molecule has 4 aromatic carbocycles. The fourth-order valence-electron chi connectivity index (χ4n) is 3.77. The number of carboxylic acid groups (broad SMARTS) is 2. The molecule has 0 saturated carbocycles. The van der Waals surface area contributed by atoms with Gasteiger partial charge in [0, 0.05) is 35.5 Å². The Hall–Kier alpha value is -4.47. The molecule has 4 aromatic rings. The number of nitrogens with zero attached hydrogens (tertiary/aromatic N) is 2. The van der Waals surface area contributed by atoms with Crippen molar-refractivity contribution in [2.45, 2.75) is 53.4 Å². The third kappa shape index (κ3) is 12.1. The number of carbonyl (C=O) groups excluding carboxylic acids is 2. The third-order valence-electron chi connectivity index (χ3n) is 5.96. The van der Waals surface area contributed by atoms with Gasteiger partial charge in [-0.2, -0.15) is 0 Å². The van der Waals surface area contributed by atoms with Crippen molar-refractivity contribution in [1.82, 2.24) is 0 Å². The number of aliphatic imine (C=N–C) groups is 2. The molecule has 0 heterocycles. The number of carboxylic acids is 2. The number of phenols is 2. The Balaban J connectivity index is 0.000000917. The maximum Gasteiger partial charge on any atom is 2.00 e. The Kier molecular flexibility index (Phi) is 14.9. The van der Waals surface area contributed by atoms with Crippen LogP contribution in [0.1, 0.15) is 75.6 Å². The summed E-state index contributed by atoms with van der Waals surface area (Å²) in [6, 6.07) is 23.2. The summed E-state index contributed by atoms with van der Waals surface area (Å²) in [4.78, 5) is 27.2. The number of aliphatic carboxylic acids is 2. The van der Waals surface area contributed by atoms with Crippen LogP contribution < -0.4 is 10.2 Å². The zero-order chi connectivity index (χ0) is 31.4. The molecular formula is C34H36CoN2O6. The fraction of sp³-hybridized carbons (Fsp3) is 0.235. The van der Waals surface area contributed by atoms with E-state index in [0.29, 0.717) is 34.3 Å². The van der Waals surface area contributed by atoms with Gasteiger partial charge in [0.2, 0.25) is 0 Å². The Bertz CT molecular complexity index is 1470. The van der Waals surface area contributed by atoms with E-state index in [2.05, 4.69) is 27.7 Å². The molecule has 1 radical (unpaired) electrons. The van der Waals surface area contributed by atoms with Gasteiger partial charge in [0.25, 0.3) is 0 Å². The summed E-state index contributed by atoms with van der Waals surface area (Å²) >= 11 is 0. The summed E-state index contributed by atoms with van der Waals surface area (Å²) < 4.78 is 0. The molecule has 0 saturated heterocycles. The number of rotatable bonds is 6. The largest absolute Gasteiger partial charge is 2.00 e. The van der Waals surface area contributed by atoms with Crippen LogP contribution in [0.25, 0.3) is 10.8 Å².